The summed E-state index contributed by atoms with van der Waals surface area (Å²) in [6, 6.07) is 5.54. The minimum absolute atomic E-state index is 0.0400. The fourth-order valence-corrected chi connectivity index (χ4v) is 2.97. The molecule has 8 heteroatoms. The molecule has 3 rings (SSSR count). The highest BCUT2D eigenvalue weighted by atomic mass is 16.5. The maximum Gasteiger partial charge on any atom is 0.338 e. The number of rotatable bonds is 5. The molecule has 0 bridgehead atoms. The third-order valence-electron chi connectivity index (χ3n) is 4.24. The van der Waals surface area contributed by atoms with Gasteiger partial charge in [-0.15, -0.1) is 0 Å². The molecule has 1 fully saturated rings. The quantitative estimate of drug-likeness (QED) is 0.599. The number of esters is 1. The predicted octanol–water partition coefficient (Wildman–Crippen LogP) is 1.32. The van der Waals surface area contributed by atoms with Crippen LogP contribution in [0.4, 0.5) is 5.69 Å². The molecular weight excluding hydrogens is 350 g/mol. The molecule has 140 valence electrons. The van der Waals surface area contributed by atoms with Gasteiger partial charge < -0.3 is 15.4 Å². The first-order valence-corrected chi connectivity index (χ1v) is 8.52. The Kier molecular flexibility index (Phi) is 5.07. The van der Waals surface area contributed by atoms with Crippen LogP contribution >= 0.6 is 0 Å². The normalized spacial score (nSPS) is 19.7. The Morgan fingerprint density at radius 3 is 2.85 bits per heavy atom. The van der Waals surface area contributed by atoms with Gasteiger partial charge >= 0.3 is 5.97 Å². The number of benzene rings is 1. The zero-order valence-corrected chi connectivity index (χ0v) is 14.8. The van der Waals surface area contributed by atoms with Crippen molar-refractivity contribution in [2.75, 3.05) is 11.9 Å². The van der Waals surface area contributed by atoms with E-state index in [2.05, 4.69) is 17.2 Å². The first-order valence-electron chi connectivity index (χ1n) is 8.52. The number of carbonyl (C=O) groups excluding carboxylic acids is 4. The number of piperidine rings is 1. The zero-order chi connectivity index (χ0) is 19.6. The summed E-state index contributed by atoms with van der Waals surface area (Å²) < 4.78 is 4.95. The zero-order valence-electron chi connectivity index (χ0n) is 14.8. The van der Waals surface area contributed by atoms with Crippen molar-refractivity contribution < 1.29 is 23.9 Å². The van der Waals surface area contributed by atoms with Crippen LogP contribution in [0.3, 0.4) is 0 Å². The highest BCUT2D eigenvalue weighted by molar-refractivity contribution is 6.19. The van der Waals surface area contributed by atoms with E-state index >= 15 is 0 Å². The van der Waals surface area contributed by atoms with Crippen LogP contribution in [0.15, 0.2) is 48.3 Å². The second-order valence-corrected chi connectivity index (χ2v) is 6.14. The van der Waals surface area contributed by atoms with Gasteiger partial charge in [0.1, 0.15) is 11.7 Å². The van der Waals surface area contributed by atoms with Gasteiger partial charge in [-0.25, -0.2) is 4.79 Å². The van der Waals surface area contributed by atoms with Crippen LogP contribution in [0, 0.1) is 0 Å². The summed E-state index contributed by atoms with van der Waals surface area (Å²) in [5, 5.41) is 5.41. The number of amides is 3. The molecule has 2 heterocycles. The van der Waals surface area contributed by atoms with Crippen molar-refractivity contribution >= 4 is 29.4 Å². The van der Waals surface area contributed by atoms with Crippen molar-refractivity contribution in [1.29, 1.82) is 0 Å². The molecule has 0 saturated carbocycles. The molecule has 1 aromatic carbocycles. The minimum atomic E-state index is -0.864. The van der Waals surface area contributed by atoms with E-state index in [9.17, 15) is 19.2 Å². The Balaban J connectivity index is 1.75. The average molecular weight is 369 g/mol. The van der Waals surface area contributed by atoms with E-state index in [4.69, 9.17) is 4.74 Å². The summed E-state index contributed by atoms with van der Waals surface area (Å²) in [5.41, 5.74) is 1.38. The van der Waals surface area contributed by atoms with Crippen molar-refractivity contribution in [2.45, 2.75) is 25.8 Å². The fraction of sp³-hybridized carbons (Fsp3) is 0.263. The maximum atomic E-state index is 12.6. The molecule has 27 heavy (non-hydrogen) atoms. The Morgan fingerprint density at radius 2 is 2.15 bits per heavy atom. The third kappa shape index (κ3) is 3.74. The van der Waals surface area contributed by atoms with Crippen molar-refractivity contribution in [3.05, 3.63) is 53.9 Å². The lowest BCUT2D eigenvalue weighted by Gasteiger charge is -2.29. The molecule has 2 N–H and O–H groups in total. The van der Waals surface area contributed by atoms with Gasteiger partial charge in [0.15, 0.2) is 0 Å². The number of nitrogens with zero attached hydrogens (tertiary/aromatic N) is 1. The van der Waals surface area contributed by atoms with E-state index in [-0.39, 0.29) is 12.3 Å². The van der Waals surface area contributed by atoms with E-state index in [1.165, 1.54) is 6.07 Å². The van der Waals surface area contributed by atoms with Gasteiger partial charge in [-0.05, 0) is 38.0 Å². The van der Waals surface area contributed by atoms with E-state index in [0.717, 1.165) is 11.0 Å². The molecule has 0 radical (unpaired) electrons. The van der Waals surface area contributed by atoms with Gasteiger partial charge in [-0.3, -0.25) is 19.3 Å². The number of hydrogen-bond donors (Lipinski definition) is 2. The number of ether oxygens (including phenoxy) is 1. The Hall–Kier alpha value is -3.42. The lowest BCUT2D eigenvalue weighted by atomic mass is 10.0. The summed E-state index contributed by atoms with van der Waals surface area (Å²) in [7, 11) is 0. The largest absolute Gasteiger partial charge is 0.462 e. The molecule has 1 unspecified atom stereocenters. The van der Waals surface area contributed by atoms with Crippen LogP contribution < -0.4 is 10.6 Å². The first-order chi connectivity index (χ1) is 12.9. The SMILES string of the molecule is C=C1CCC(N2C(=O)C=C(Nc3cccc(C(=O)OCC)c3)C2=O)C(=O)N1. The van der Waals surface area contributed by atoms with E-state index in [0.29, 0.717) is 29.8 Å². The average Bonchev–Trinajstić information content (AvgIpc) is 2.89. The molecule has 2 aliphatic heterocycles. The molecule has 0 aromatic heterocycles. The maximum absolute atomic E-state index is 12.6. The van der Waals surface area contributed by atoms with E-state index in [1.54, 1.807) is 25.1 Å². The van der Waals surface area contributed by atoms with Gasteiger partial charge in [-0.1, -0.05) is 12.6 Å². The van der Waals surface area contributed by atoms with E-state index < -0.39 is 29.7 Å². The summed E-state index contributed by atoms with van der Waals surface area (Å²) in [6.07, 6.45) is 1.98. The highest BCUT2D eigenvalue weighted by Gasteiger charge is 2.41. The number of anilines is 1. The smallest absolute Gasteiger partial charge is 0.338 e. The molecule has 0 aliphatic carbocycles. The summed E-state index contributed by atoms with van der Waals surface area (Å²) in [5.74, 6) is -2.05. The molecule has 1 atom stereocenters. The third-order valence-corrected chi connectivity index (χ3v) is 4.24. The molecule has 1 aromatic rings. The first kappa shape index (κ1) is 18.4. The van der Waals surface area contributed by atoms with E-state index in [1.807, 2.05) is 0 Å². The summed E-state index contributed by atoms with van der Waals surface area (Å²) in [6.45, 7) is 5.64. The minimum Gasteiger partial charge on any atom is -0.462 e. The topological polar surface area (TPSA) is 105 Å². The Labute approximate surface area is 155 Å². The van der Waals surface area contributed by atoms with Crippen molar-refractivity contribution in [2.24, 2.45) is 0 Å². The molecule has 3 amide bonds. The van der Waals surface area contributed by atoms with Gasteiger partial charge in [0.25, 0.3) is 11.8 Å². The van der Waals surface area contributed by atoms with Gasteiger partial charge in [0.2, 0.25) is 5.91 Å². The predicted molar refractivity (Wildman–Crippen MR) is 96.3 cm³/mol. The summed E-state index contributed by atoms with van der Waals surface area (Å²) >= 11 is 0. The number of carbonyl (C=O) groups is 4. The molecule has 8 nitrogen and oxygen atoms in total. The molecule has 1 saturated heterocycles. The summed E-state index contributed by atoms with van der Waals surface area (Å²) in [4.78, 5) is 49.8. The van der Waals surface area contributed by atoms with Crippen molar-refractivity contribution in [3.8, 4) is 0 Å². The second kappa shape index (κ2) is 7.45. The lowest BCUT2D eigenvalue weighted by molar-refractivity contribution is -0.146. The number of hydrogen-bond acceptors (Lipinski definition) is 6. The molecular formula is C19H19N3O5. The highest BCUT2D eigenvalue weighted by Crippen LogP contribution is 2.24. The number of imide groups is 1. The lowest BCUT2D eigenvalue weighted by Crippen LogP contribution is -2.52. The standard InChI is InChI=1S/C19H19N3O5/c1-3-27-19(26)12-5-4-6-13(9-12)21-14-10-16(23)22(18(14)25)15-8-7-11(2)20-17(15)24/h4-6,9-10,15,21H,2-3,7-8H2,1H3,(H,20,24). The number of nitrogens with one attached hydrogen (secondary N) is 2. The molecule has 0 spiro atoms. The van der Waals surface area contributed by atoms with Crippen LogP contribution in [0.25, 0.3) is 0 Å². The van der Waals surface area contributed by atoms with Crippen LogP contribution in [0.1, 0.15) is 30.1 Å². The van der Waals surface area contributed by atoms with Crippen LogP contribution in [-0.4, -0.2) is 41.2 Å². The fourth-order valence-electron chi connectivity index (χ4n) is 2.97. The number of allylic oxidation sites excluding steroid dienone is 1. The Morgan fingerprint density at radius 1 is 1.37 bits per heavy atom. The van der Waals surface area contributed by atoms with Gasteiger partial charge in [-0.2, -0.15) is 0 Å². The van der Waals surface area contributed by atoms with Crippen LogP contribution in [0.2, 0.25) is 0 Å². The van der Waals surface area contributed by atoms with Gasteiger partial charge in [0, 0.05) is 17.5 Å². The van der Waals surface area contributed by atoms with Gasteiger partial charge in [0.05, 0.1) is 12.2 Å². The monoisotopic (exact) mass is 369 g/mol. The Bertz CT molecular complexity index is 874. The second-order valence-electron chi connectivity index (χ2n) is 6.14. The van der Waals surface area contributed by atoms with Crippen LogP contribution in [0.5, 0.6) is 0 Å². The van der Waals surface area contributed by atoms with Crippen molar-refractivity contribution in [1.82, 2.24) is 10.2 Å². The van der Waals surface area contributed by atoms with Crippen LogP contribution in [-0.2, 0) is 19.1 Å². The van der Waals surface area contributed by atoms with Crippen molar-refractivity contribution in [3.63, 3.8) is 0 Å². The molecule has 2 aliphatic rings.